The van der Waals surface area contributed by atoms with Crippen LogP contribution in [0.2, 0.25) is 0 Å². The first-order valence-electron chi connectivity index (χ1n) is 11.0. The van der Waals surface area contributed by atoms with Gasteiger partial charge in [-0.1, -0.05) is 0 Å². The van der Waals surface area contributed by atoms with Gasteiger partial charge < -0.3 is 4.57 Å². The number of hydrogen-bond acceptors (Lipinski definition) is 5. The van der Waals surface area contributed by atoms with Gasteiger partial charge in [-0.15, -0.1) is 0 Å². The number of rotatable bonds is 4. The Balaban J connectivity index is 1.46. The molecule has 0 saturated heterocycles. The smallest absolute Gasteiger partial charge is 0.178 e. The Kier molecular flexibility index (Phi) is 4.70. The average Bonchev–Trinajstić information content (AvgIpc) is 3.47. The third-order valence-corrected chi connectivity index (χ3v) is 6.00. The lowest BCUT2D eigenvalue weighted by Crippen LogP contribution is -2.04. The molecule has 0 fully saturated rings. The van der Waals surface area contributed by atoms with Crippen LogP contribution in [0.4, 0.5) is 8.78 Å². The normalized spacial score (nSPS) is 11.7. The van der Waals surface area contributed by atoms with Gasteiger partial charge in [-0.3, -0.25) is 14.2 Å². The fraction of sp³-hybridized carbons (Fsp3) is 0.160. The van der Waals surface area contributed by atoms with Gasteiger partial charge in [-0.05, 0) is 43.7 Å². The predicted molar refractivity (Wildman–Crippen MR) is 127 cm³/mol. The molecule has 6 rings (SSSR count). The van der Waals surface area contributed by atoms with Crippen molar-refractivity contribution >= 4 is 22.3 Å². The van der Waals surface area contributed by atoms with Crippen molar-refractivity contribution < 1.29 is 8.78 Å². The average molecular weight is 470 g/mol. The molecule has 0 unspecified atom stereocenters. The van der Waals surface area contributed by atoms with Gasteiger partial charge in [0.2, 0.25) is 0 Å². The zero-order valence-electron chi connectivity index (χ0n) is 19.2. The largest absolute Gasteiger partial charge is 0.322 e. The number of aromatic nitrogens is 8. The molecule has 0 amide bonds. The third-order valence-electron chi connectivity index (χ3n) is 6.00. The first-order chi connectivity index (χ1) is 16.9. The van der Waals surface area contributed by atoms with Gasteiger partial charge in [0.05, 0.1) is 35.0 Å². The number of halogens is 2. The highest BCUT2D eigenvalue weighted by atomic mass is 19.1. The first kappa shape index (κ1) is 21.1. The fourth-order valence-corrected chi connectivity index (χ4v) is 4.41. The summed E-state index contributed by atoms with van der Waals surface area (Å²) < 4.78 is 33.1. The van der Waals surface area contributed by atoms with Gasteiger partial charge in [0.25, 0.3) is 0 Å². The molecule has 0 atom stereocenters. The second kappa shape index (κ2) is 7.79. The molecule has 5 heterocycles. The van der Waals surface area contributed by atoms with E-state index in [9.17, 15) is 8.78 Å². The highest BCUT2D eigenvalue weighted by Crippen LogP contribution is 2.26. The van der Waals surface area contributed by atoms with Crippen LogP contribution in [0, 0.1) is 25.5 Å². The quantitative estimate of drug-likeness (QED) is 0.379. The van der Waals surface area contributed by atoms with Crippen LogP contribution in [-0.2, 0) is 13.6 Å². The molecule has 0 spiro atoms. The van der Waals surface area contributed by atoms with Crippen molar-refractivity contribution in [2.24, 2.45) is 7.05 Å². The van der Waals surface area contributed by atoms with Crippen LogP contribution in [0.15, 0.2) is 55.1 Å². The molecule has 0 aliphatic heterocycles. The molecule has 0 N–H and O–H groups in total. The van der Waals surface area contributed by atoms with E-state index in [0.717, 1.165) is 39.7 Å². The Hall–Kier alpha value is -4.47. The first-order valence-corrected chi connectivity index (χ1v) is 11.0. The summed E-state index contributed by atoms with van der Waals surface area (Å²) in [4.78, 5) is 18.5. The Morgan fingerprint density at radius 3 is 2.49 bits per heavy atom. The third kappa shape index (κ3) is 3.63. The van der Waals surface area contributed by atoms with Crippen molar-refractivity contribution in [3.8, 4) is 16.9 Å². The highest BCUT2D eigenvalue weighted by Gasteiger charge is 2.15. The molecule has 1 aromatic carbocycles. The molecule has 10 heteroatoms. The van der Waals surface area contributed by atoms with E-state index in [0.29, 0.717) is 22.7 Å². The molecule has 0 aliphatic rings. The lowest BCUT2D eigenvalue weighted by atomic mass is 10.2. The van der Waals surface area contributed by atoms with Crippen molar-refractivity contribution in [3.05, 3.63) is 83.8 Å². The van der Waals surface area contributed by atoms with Crippen LogP contribution in [0.3, 0.4) is 0 Å². The van der Waals surface area contributed by atoms with Crippen LogP contribution >= 0.6 is 0 Å². The summed E-state index contributed by atoms with van der Waals surface area (Å²) in [7, 11) is 1.87. The minimum absolute atomic E-state index is 0.263. The van der Waals surface area contributed by atoms with E-state index in [1.165, 1.54) is 12.1 Å². The van der Waals surface area contributed by atoms with E-state index < -0.39 is 11.6 Å². The minimum atomic E-state index is -0.613. The Morgan fingerprint density at radius 2 is 1.74 bits per heavy atom. The molecular formula is C25H20F2N8. The zero-order valence-corrected chi connectivity index (χ0v) is 19.2. The highest BCUT2D eigenvalue weighted by molar-refractivity contribution is 5.79. The number of imidazole rings is 1. The number of fused-ring (bicyclic) bond motifs is 2. The molecule has 0 saturated carbocycles. The topological polar surface area (TPSA) is 79.2 Å². The maximum Gasteiger partial charge on any atom is 0.178 e. The van der Waals surface area contributed by atoms with Crippen LogP contribution in [0.5, 0.6) is 0 Å². The second-order valence-electron chi connectivity index (χ2n) is 8.51. The standard InChI is InChI=1S/C25H20F2N8/c1-14-20(13-33(3)32-14)22-11-28-21-4-5-34(25(21)31-22)19-9-23-24(29-10-19)30-15(2)35(23)12-16-6-17(26)8-18(27)7-16/h4-11,13H,12H2,1-3H3. The molecule has 35 heavy (non-hydrogen) atoms. The lowest BCUT2D eigenvalue weighted by Gasteiger charge is -2.09. The monoisotopic (exact) mass is 470 g/mol. The summed E-state index contributed by atoms with van der Waals surface area (Å²) in [6, 6.07) is 7.35. The Morgan fingerprint density at radius 1 is 0.943 bits per heavy atom. The molecule has 0 radical (unpaired) electrons. The van der Waals surface area contributed by atoms with Crippen molar-refractivity contribution in [1.29, 1.82) is 0 Å². The summed E-state index contributed by atoms with van der Waals surface area (Å²) in [5.74, 6) is -0.531. The van der Waals surface area contributed by atoms with Gasteiger partial charge in [-0.25, -0.2) is 23.7 Å². The molecule has 0 bridgehead atoms. The SMILES string of the molecule is Cc1nn(C)cc1-c1cnc2ccn(-c3cnc4nc(C)n(Cc5cc(F)cc(F)c5)c4c3)c2n1. The molecular weight excluding hydrogens is 450 g/mol. The number of hydrogen-bond donors (Lipinski definition) is 0. The molecule has 5 aromatic heterocycles. The van der Waals surface area contributed by atoms with Crippen molar-refractivity contribution in [2.45, 2.75) is 20.4 Å². The van der Waals surface area contributed by atoms with Gasteiger partial charge in [0, 0.05) is 37.6 Å². The number of benzene rings is 1. The number of nitrogens with zero attached hydrogens (tertiary/aromatic N) is 8. The minimum Gasteiger partial charge on any atom is -0.322 e. The second-order valence-corrected chi connectivity index (χ2v) is 8.51. The summed E-state index contributed by atoms with van der Waals surface area (Å²) >= 11 is 0. The number of aryl methyl sites for hydroxylation is 3. The molecule has 8 nitrogen and oxygen atoms in total. The van der Waals surface area contributed by atoms with E-state index in [1.807, 2.05) is 54.6 Å². The Bertz CT molecular complexity index is 1720. The van der Waals surface area contributed by atoms with Crippen LogP contribution in [0.1, 0.15) is 17.1 Å². The maximum absolute atomic E-state index is 13.8. The van der Waals surface area contributed by atoms with E-state index in [2.05, 4.69) is 20.1 Å². The summed E-state index contributed by atoms with van der Waals surface area (Å²) in [6.45, 7) is 4.04. The van der Waals surface area contributed by atoms with Gasteiger partial charge in [-0.2, -0.15) is 5.10 Å². The zero-order chi connectivity index (χ0) is 24.3. The van der Waals surface area contributed by atoms with E-state index in [-0.39, 0.29) is 6.54 Å². The predicted octanol–water partition coefficient (Wildman–Crippen LogP) is 4.51. The van der Waals surface area contributed by atoms with E-state index >= 15 is 0 Å². The lowest BCUT2D eigenvalue weighted by molar-refractivity contribution is 0.577. The van der Waals surface area contributed by atoms with Gasteiger partial charge in [0.1, 0.15) is 23.0 Å². The fourth-order valence-electron chi connectivity index (χ4n) is 4.41. The summed E-state index contributed by atoms with van der Waals surface area (Å²) in [5.41, 5.74) is 6.52. The van der Waals surface area contributed by atoms with Crippen LogP contribution < -0.4 is 0 Å². The van der Waals surface area contributed by atoms with Crippen molar-refractivity contribution in [2.75, 3.05) is 0 Å². The summed E-state index contributed by atoms with van der Waals surface area (Å²) in [6.07, 6.45) is 7.28. The summed E-state index contributed by atoms with van der Waals surface area (Å²) in [5, 5.41) is 4.40. The number of pyridine rings is 1. The molecule has 6 aromatic rings. The van der Waals surface area contributed by atoms with Crippen LogP contribution in [0.25, 0.3) is 39.3 Å². The Labute approximate surface area is 198 Å². The molecule has 174 valence electrons. The van der Waals surface area contributed by atoms with E-state index in [4.69, 9.17) is 4.98 Å². The molecule has 0 aliphatic carbocycles. The van der Waals surface area contributed by atoms with Crippen molar-refractivity contribution in [1.82, 2.24) is 38.9 Å². The maximum atomic E-state index is 13.8. The van der Waals surface area contributed by atoms with Gasteiger partial charge >= 0.3 is 0 Å². The van der Waals surface area contributed by atoms with E-state index in [1.54, 1.807) is 17.1 Å². The van der Waals surface area contributed by atoms with Crippen molar-refractivity contribution in [3.63, 3.8) is 0 Å². The van der Waals surface area contributed by atoms with Crippen LogP contribution in [-0.4, -0.2) is 38.9 Å². The van der Waals surface area contributed by atoms with Gasteiger partial charge in [0.15, 0.2) is 11.3 Å².